The molecule has 2 aliphatic heterocycles. The summed E-state index contributed by atoms with van der Waals surface area (Å²) in [6, 6.07) is 0.201. The number of hydrogen-bond acceptors (Lipinski definition) is 6. The van der Waals surface area contributed by atoms with E-state index in [2.05, 4.69) is 23.4 Å². The minimum atomic E-state index is -0.434. The molecule has 1 unspecified atom stereocenters. The lowest BCUT2D eigenvalue weighted by atomic mass is 9.91. The van der Waals surface area contributed by atoms with Gasteiger partial charge in [-0.2, -0.15) is 0 Å². The first-order chi connectivity index (χ1) is 11.5. The second-order valence-corrected chi connectivity index (χ2v) is 7.55. The molecule has 0 N–H and O–H groups in total. The van der Waals surface area contributed by atoms with Gasteiger partial charge in [-0.15, -0.1) is 5.10 Å². The third kappa shape index (κ3) is 3.11. The molecule has 2 aliphatic rings. The number of nitrogens with zero attached hydrogens (tertiary/aromatic N) is 4. The van der Waals surface area contributed by atoms with E-state index in [1.165, 1.54) is 0 Å². The molecule has 2 fully saturated rings. The number of carbonyl (C=O) groups excluding carboxylic acids is 2. The van der Waals surface area contributed by atoms with Crippen LogP contribution in [0.5, 0.6) is 0 Å². The summed E-state index contributed by atoms with van der Waals surface area (Å²) in [5, 5.41) is 3.91. The van der Waals surface area contributed by atoms with Gasteiger partial charge in [-0.05, 0) is 31.8 Å². The van der Waals surface area contributed by atoms with Gasteiger partial charge >= 0.3 is 6.09 Å². The fraction of sp³-hybridized carbons (Fsp3) is 0.750. The molecule has 1 aromatic heterocycles. The van der Waals surface area contributed by atoms with E-state index < -0.39 is 5.60 Å². The fourth-order valence-electron chi connectivity index (χ4n) is 3.51. The number of hydrogen-bond donors (Lipinski definition) is 0. The van der Waals surface area contributed by atoms with Gasteiger partial charge in [0, 0.05) is 32.0 Å². The minimum Gasteiger partial charge on any atom is -0.441 e. The maximum Gasteiger partial charge on any atom is 0.410 e. The molecule has 2 saturated heterocycles. The molecular formula is C16H24N4O3S. The Hall–Kier alpha value is -1.70. The van der Waals surface area contributed by atoms with Crippen molar-refractivity contribution in [1.82, 2.24) is 19.4 Å². The summed E-state index contributed by atoms with van der Waals surface area (Å²) in [4.78, 5) is 29.0. The van der Waals surface area contributed by atoms with Crippen molar-refractivity contribution in [1.29, 1.82) is 0 Å². The Labute approximate surface area is 146 Å². The SMILES string of the molecule is CCCC(C)N1CC2(CCN(C(=O)c3snnc3C)CC2)OC1=O. The highest BCUT2D eigenvalue weighted by Crippen LogP contribution is 2.35. The van der Waals surface area contributed by atoms with E-state index in [0.29, 0.717) is 43.0 Å². The average molecular weight is 352 g/mol. The molecule has 1 atom stereocenters. The highest BCUT2D eigenvalue weighted by Gasteiger charge is 2.48. The molecule has 0 radical (unpaired) electrons. The first-order valence-electron chi connectivity index (χ1n) is 8.53. The number of aryl methyl sites for hydroxylation is 1. The predicted molar refractivity (Wildman–Crippen MR) is 90.1 cm³/mol. The lowest BCUT2D eigenvalue weighted by Crippen LogP contribution is -2.49. The summed E-state index contributed by atoms with van der Waals surface area (Å²) >= 11 is 1.14. The van der Waals surface area contributed by atoms with Crippen LogP contribution in [0.15, 0.2) is 0 Å². The molecule has 24 heavy (non-hydrogen) atoms. The number of amides is 2. The van der Waals surface area contributed by atoms with Crippen molar-refractivity contribution in [3.8, 4) is 0 Å². The Morgan fingerprint density at radius 1 is 1.42 bits per heavy atom. The van der Waals surface area contributed by atoms with E-state index in [4.69, 9.17) is 4.74 Å². The minimum absolute atomic E-state index is 0.0159. The van der Waals surface area contributed by atoms with Crippen molar-refractivity contribution in [3.63, 3.8) is 0 Å². The molecule has 1 aromatic rings. The van der Waals surface area contributed by atoms with E-state index in [9.17, 15) is 9.59 Å². The third-order valence-electron chi connectivity index (χ3n) is 5.04. The summed E-state index contributed by atoms with van der Waals surface area (Å²) in [5.74, 6) is -0.0159. The van der Waals surface area contributed by atoms with Gasteiger partial charge in [0.25, 0.3) is 5.91 Å². The van der Waals surface area contributed by atoms with Crippen molar-refractivity contribution < 1.29 is 14.3 Å². The van der Waals surface area contributed by atoms with Gasteiger partial charge in [-0.3, -0.25) is 4.79 Å². The van der Waals surface area contributed by atoms with Crippen LogP contribution in [0.4, 0.5) is 4.79 Å². The van der Waals surface area contributed by atoms with Crippen molar-refractivity contribution >= 4 is 23.5 Å². The Bertz CT molecular complexity index is 625. The van der Waals surface area contributed by atoms with Crippen LogP contribution in [0, 0.1) is 6.92 Å². The van der Waals surface area contributed by atoms with Crippen LogP contribution in [-0.4, -0.2) is 62.7 Å². The molecule has 0 saturated carbocycles. The van der Waals surface area contributed by atoms with E-state index in [0.717, 1.165) is 24.4 Å². The maximum absolute atomic E-state index is 12.5. The van der Waals surface area contributed by atoms with Crippen LogP contribution in [0.3, 0.4) is 0 Å². The molecule has 132 valence electrons. The van der Waals surface area contributed by atoms with Gasteiger partial charge in [0.15, 0.2) is 0 Å². The number of piperidine rings is 1. The first kappa shape index (κ1) is 17.1. The van der Waals surface area contributed by atoms with Gasteiger partial charge < -0.3 is 14.5 Å². The summed E-state index contributed by atoms with van der Waals surface area (Å²) in [5.41, 5.74) is 0.244. The van der Waals surface area contributed by atoms with Crippen LogP contribution < -0.4 is 0 Å². The Morgan fingerprint density at radius 3 is 2.71 bits per heavy atom. The molecule has 3 heterocycles. The lowest BCUT2D eigenvalue weighted by molar-refractivity contribution is 0.00319. The van der Waals surface area contributed by atoms with Gasteiger partial charge in [0.2, 0.25) is 0 Å². The number of rotatable bonds is 4. The third-order valence-corrected chi connectivity index (χ3v) is 5.86. The van der Waals surface area contributed by atoms with Crippen LogP contribution in [-0.2, 0) is 4.74 Å². The smallest absolute Gasteiger partial charge is 0.410 e. The second-order valence-electron chi connectivity index (χ2n) is 6.80. The molecule has 0 bridgehead atoms. The lowest BCUT2D eigenvalue weighted by Gasteiger charge is -2.37. The maximum atomic E-state index is 12.5. The first-order valence-corrected chi connectivity index (χ1v) is 9.31. The zero-order chi connectivity index (χ0) is 17.3. The van der Waals surface area contributed by atoms with Crippen LogP contribution in [0.1, 0.15) is 54.9 Å². The van der Waals surface area contributed by atoms with Crippen molar-refractivity contribution in [2.24, 2.45) is 0 Å². The van der Waals surface area contributed by atoms with Crippen molar-refractivity contribution in [2.45, 2.75) is 58.1 Å². The van der Waals surface area contributed by atoms with E-state index in [1.807, 2.05) is 9.80 Å². The Balaban J connectivity index is 1.62. The highest BCUT2D eigenvalue weighted by molar-refractivity contribution is 7.07. The second kappa shape index (κ2) is 6.66. The van der Waals surface area contributed by atoms with E-state index >= 15 is 0 Å². The topological polar surface area (TPSA) is 75.6 Å². The molecule has 1 spiro atoms. The zero-order valence-corrected chi connectivity index (χ0v) is 15.3. The number of aromatic nitrogens is 2. The fourth-order valence-corrected chi connectivity index (χ4v) is 4.13. The molecule has 0 aromatic carbocycles. The molecular weight excluding hydrogens is 328 g/mol. The van der Waals surface area contributed by atoms with Crippen LogP contribution >= 0.6 is 11.5 Å². The zero-order valence-electron chi connectivity index (χ0n) is 14.4. The molecule has 0 aliphatic carbocycles. The van der Waals surface area contributed by atoms with Crippen LogP contribution in [0.2, 0.25) is 0 Å². The predicted octanol–water partition coefficient (Wildman–Crippen LogP) is 2.46. The Kier molecular flexibility index (Phi) is 4.76. The normalized spacial score (nSPS) is 21.2. The highest BCUT2D eigenvalue weighted by atomic mass is 32.1. The van der Waals surface area contributed by atoms with Gasteiger partial charge in [0.05, 0.1) is 12.2 Å². The summed E-state index contributed by atoms with van der Waals surface area (Å²) in [7, 11) is 0. The van der Waals surface area contributed by atoms with Crippen molar-refractivity contribution in [3.05, 3.63) is 10.6 Å². The Morgan fingerprint density at radius 2 is 2.12 bits per heavy atom. The number of carbonyl (C=O) groups is 2. The molecule has 3 rings (SSSR count). The quantitative estimate of drug-likeness (QED) is 0.832. The summed E-state index contributed by atoms with van der Waals surface area (Å²) in [6.07, 6.45) is 3.18. The van der Waals surface area contributed by atoms with Gasteiger partial charge in [-0.1, -0.05) is 17.8 Å². The monoisotopic (exact) mass is 352 g/mol. The van der Waals surface area contributed by atoms with Gasteiger partial charge in [0.1, 0.15) is 10.5 Å². The van der Waals surface area contributed by atoms with Crippen molar-refractivity contribution in [2.75, 3.05) is 19.6 Å². The number of likely N-dealkylation sites (tertiary alicyclic amines) is 1. The van der Waals surface area contributed by atoms with Gasteiger partial charge in [-0.25, -0.2) is 4.79 Å². The largest absolute Gasteiger partial charge is 0.441 e. The summed E-state index contributed by atoms with van der Waals surface area (Å²) in [6.45, 7) is 7.82. The molecule has 8 heteroatoms. The molecule has 2 amide bonds. The van der Waals surface area contributed by atoms with E-state index in [-0.39, 0.29) is 18.0 Å². The number of ether oxygens (including phenoxy) is 1. The summed E-state index contributed by atoms with van der Waals surface area (Å²) < 4.78 is 9.57. The van der Waals surface area contributed by atoms with Crippen LogP contribution in [0.25, 0.3) is 0 Å². The standard InChI is InChI=1S/C16H24N4O3S/c1-4-5-11(2)20-10-16(23-15(20)22)6-8-19(9-7-16)14(21)13-12(3)17-18-24-13/h11H,4-10H2,1-3H3. The van der Waals surface area contributed by atoms with E-state index in [1.54, 1.807) is 6.92 Å². The average Bonchev–Trinajstić information content (AvgIpc) is 3.11. The molecule has 7 nitrogen and oxygen atoms in total.